The van der Waals surface area contributed by atoms with Crippen LogP contribution in [0.3, 0.4) is 0 Å². The van der Waals surface area contributed by atoms with Crippen molar-refractivity contribution in [1.82, 2.24) is 19.6 Å². The molecule has 3 rings (SSSR count). The highest BCUT2D eigenvalue weighted by molar-refractivity contribution is 4.78. The summed E-state index contributed by atoms with van der Waals surface area (Å²) >= 11 is 0. The summed E-state index contributed by atoms with van der Waals surface area (Å²) in [5, 5.41) is 0. The SMILES string of the molecule is C[C@H]1CCCN1CCCCN1CCN(CCN2CCC[C@@H]2C)C1. The first kappa shape index (κ1) is 17.7. The number of likely N-dealkylation sites (tertiary alicyclic amines) is 2. The van der Waals surface area contributed by atoms with Crippen LogP contribution in [0.15, 0.2) is 0 Å². The molecule has 0 bridgehead atoms. The second-order valence-electron chi connectivity index (χ2n) is 8.14. The maximum atomic E-state index is 2.69. The van der Waals surface area contributed by atoms with Gasteiger partial charge in [0.25, 0.3) is 0 Å². The molecule has 0 saturated carbocycles. The highest BCUT2D eigenvalue weighted by Gasteiger charge is 2.24. The third kappa shape index (κ3) is 5.15. The molecule has 0 aromatic rings. The molecule has 0 spiro atoms. The molecule has 0 radical (unpaired) electrons. The van der Waals surface area contributed by atoms with Gasteiger partial charge in [0.1, 0.15) is 0 Å². The summed E-state index contributed by atoms with van der Waals surface area (Å²) in [4.78, 5) is 10.7. The molecule has 23 heavy (non-hydrogen) atoms. The molecule has 3 heterocycles. The molecular weight excluding hydrogens is 284 g/mol. The zero-order valence-electron chi connectivity index (χ0n) is 15.6. The Balaban J connectivity index is 1.23. The van der Waals surface area contributed by atoms with Gasteiger partial charge >= 0.3 is 0 Å². The quantitative estimate of drug-likeness (QED) is 0.636. The molecule has 0 aliphatic carbocycles. The third-order valence-corrected chi connectivity index (χ3v) is 6.39. The average molecular weight is 323 g/mol. The van der Waals surface area contributed by atoms with Crippen molar-refractivity contribution < 1.29 is 0 Å². The maximum absolute atomic E-state index is 2.69. The predicted octanol–water partition coefficient (Wildman–Crippen LogP) is 2.31. The molecule has 3 fully saturated rings. The van der Waals surface area contributed by atoms with E-state index in [2.05, 4.69) is 33.4 Å². The Morgan fingerprint density at radius 3 is 1.83 bits per heavy atom. The van der Waals surface area contributed by atoms with Gasteiger partial charge in [0.2, 0.25) is 0 Å². The second-order valence-corrected chi connectivity index (χ2v) is 8.14. The summed E-state index contributed by atoms with van der Waals surface area (Å²) in [7, 11) is 0. The zero-order chi connectivity index (χ0) is 16.1. The summed E-state index contributed by atoms with van der Waals surface area (Å²) in [6, 6.07) is 1.66. The van der Waals surface area contributed by atoms with Gasteiger partial charge in [-0.25, -0.2) is 0 Å². The lowest BCUT2D eigenvalue weighted by molar-refractivity contribution is 0.193. The molecule has 3 saturated heterocycles. The van der Waals surface area contributed by atoms with Crippen LogP contribution in [0.2, 0.25) is 0 Å². The first-order valence-electron chi connectivity index (χ1n) is 10.1. The molecule has 0 N–H and O–H groups in total. The van der Waals surface area contributed by atoms with Gasteiger partial charge in [-0.05, 0) is 78.6 Å². The van der Waals surface area contributed by atoms with Crippen LogP contribution in [-0.2, 0) is 0 Å². The minimum atomic E-state index is 0.821. The van der Waals surface area contributed by atoms with Crippen LogP contribution in [0.4, 0.5) is 0 Å². The van der Waals surface area contributed by atoms with Gasteiger partial charge in [-0.3, -0.25) is 14.7 Å². The number of hydrogen-bond donors (Lipinski definition) is 0. The van der Waals surface area contributed by atoms with Gasteiger partial charge in [-0.2, -0.15) is 0 Å². The Hall–Kier alpha value is -0.160. The van der Waals surface area contributed by atoms with Crippen LogP contribution in [0, 0.1) is 0 Å². The van der Waals surface area contributed by atoms with Gasteiger partial charge in [-0.1, -0.05) is 0 Å². The van der Waals surface area contributed by atoms with Gasteiger partial charge in [0, 0.05) is 38.3 Å². The largest absolute Gasteiger partial charge is 0.301 e. The van der Waals surface area contributed by atoms with Crippen molar-refractivity contribution in [3.8, 4) is 0 Å². The summed E-state index contributed by atoms with van der Waals surface area (Å²) in [6.45, 7) is 16.4. The Bertz CT molecular complexity index is 348. The fraction of sp³-hybridized carbons (Fsp3) is 1.00. The van der Waals surface area contributed by atoms with Crippen molar-refractivity contribution in [2.75, 3.05) is 59.0 Å². The fourth-order valence-electron chi connectivity index (χ4n) is 4.64. The standard InChI is InChI=1S/C19H38N4/c1-18-7-5-11-22(18)10-4-3-9-20-13-14-21(17-20)15-16-23-12-6-8-19(23)2/h18-19H,3-17H2,1-2H3/t18-,19-/m0/s1. The number of nitrogens with zero attached hydrogens (tertiary/aromatic N) is 4. The number of unbranched alkanes of at least 4 members (excludes halogenated alkanes) is 1. The summed E-state index contributed by atoms with van der Waals surface area (Å²) in [6.07, 6.45) is 8.39. The minimum Gasteiger partial charge on any atom is -0.301 e. The number of hydrogen-bond acceptors (Lipinski definition) is 4. The van der Waals surface area contributed by atoms with Crippen molar-refractivity contribution in [2.24, 2.45) is 0 Å². The van der Waals surface area contributed by atoms with Crippen molar-refractivity contribution in [3.05, 3.63) is 0 Å². The molecule has 4 heteroatoms. The van der Waals surface area contributed by atoms with Gasteiger partial charge in [-0.15, -0.1) is 0 Å². The Morgan fingerprint density at radius 1 is 0.652 bits per heavy atom. The molecule has 2 atom stereocenters. The molecule has 0 aromatic carbocycles. The topological polar surface area (TPSA) is 13.0 Å². The van der Waals surface area contributed by atoms with Crippen LogP contribution in [0.1, 0.15) is 52.4 Å². The van der Waals surface area contributed by atoms with E-state index in [1.165, 1.54) is 97.6 Å². The van der Waals surface area contributed by atoms with Crippen LogP contribution < -0.4 is 0 Å². The molecule has 3 aliphatic rings. The van der Waals surface area contributed by atoms with Gasteiger partial charge in [0.15, 0.2) is 0 Å². The highest BCUT2D eigenvalue weighted by atomic mass is 15.4. The first-order chi connectivity index (χ1) is 11.2. The number of rotatable bonds is 8. The summed E-state index contributed by atoms with van der Waals surface area (Å²) < 4.78 is 0. The minimum absolute atomic E-state index is 0.821. The molecular formula is C19H38N4. The Kier molecular flexibility index (Phi) is 6.75. The fourth-order valence-corrected chi connectivity index (χ4v) is 4.64. The normalized spacial score (nSPS) is 31.6. The first-order valence-corrected chi connectivity index (χ1v) is 10.1. The van der Waals surface area contributed by atoms with E-state index in [1.807, 2.05) is 0 Å². The monoisotopic (exact) mass is 322 g/mol. The van der Waals surface area contributed by atoms with E-state index < -0.39 is 0 Å². The van der Waals surface area contributed by atoms with E-state index >= 15 is 0 Å². The maximum Gasteiger partial charge on any atom is 0.0507 e. The molecule has 0 amide bonds. The smallest absolute Gasteiger partial charge is 0.0507 e. The zero-order valence-corrected chi connectivity index (χ0v) is 15.6. The highest BCUT2D eigenvalue weighted by Crippen LogP contribution is 2.18. The third-order valence-electron chi connectivity index (χ3n) is 6.39. The lowest BCUT2D eigenvalue weighted by Crippen LogP contribution is -2.36. The van der Waals surface area contributed by atoms with Crippen molar-refractivity contribution in [3.63, 3.8) is 0 Å². The van der Waals surface area contributed by atoms with Gasteiger partial charge in [0.05, 0.1) is 6.67 Å². The summed E-state index contributed by atoms with van der Waals surface area (Å²) in [5.41, 5.74) is 0. The van der Waals surface area contributed by atoms with E-state index in [4.69, 9.17) is 0 Å². The van der Waals surface area contributed by atoms with Crippen molar-refractivity contribution in [1.29, 1.82) is 0 Å². The van der Waals surface area contributed by atoms with Gasteiger partial charge < -0.3 is 4.90 Å². The van der Waals surface area contributed by atoms with E-state index in [-0.39, 0.29) is 0 Å². The van der Waals surface area contributed by atoms with Crippen LogP contribution in [0.5, 0.6) is 0 Å². The lowest BCUT2D eigenvalue weighted by atomic mass is 10.2. The lowest BCUT2D eigenvalue weighted by Gasteiger charge is -2.25. The van der Waals surface area contributed by atoms with E-state index in [1.54, 1.807) is 0 Å². The predicted molar refractivity (Wildman–Crippen MR) is 97.8 cm³/mol. The molecule has 134 valence electrons. The molecule has 3 aliphatic heterocycles. The van der Waals surface area contributed by atoms with Crippen molar-refractivity contribution in [2.45, 2.75) is 64.5 Å². The Labute approximate surface area is 143 Å². The van der Waals surface area contributed by atoms with E-state index in [0.29, 0.717) is 0 Å². The Morgan fingerprint density at radius 2 is 1.22 bits per heavy atom. The molecule has 4 nitrogen and oxygen atoms in total. The van der Waals surface area contributed by atoms with Crippen LogP contribution in [0.25, 0.3) is 0 Å². The van der Waals surface area contributed by atoms with Crippen LogP contribution >= 0.6 is 0 Å². The molecule has 0 aromatic heterocycles. The molecule has 0 unspecified atom stereocenters. The van der Waals surface area contributed by atoms with Crippen molar-refractivity contribution >= 4 is 0 Å². The van der Waals surface area contributed by atoms with Crippen LogP contribution in [-0.4, -0.2) is 90.7 Å². The average Bonchev–Trinajstić information content (AvgIpc) is 3.25. The second kappa shape index (κ2) is 8.80. The van der Waals surface area contributed by atoms with E-state index in [0.717, 1.165) is 12.1 Å². The van der Waals surface area contributed by atoms with E-state index in [9.17, 15) is 0 Å². The summed E-state index contributed by atoms with van der Waals surface area (Å²) in [5.74, 6) is 0.